The normalized spacial score (nSPS) is 19.2. The summed E-state index contributed by atoms with van der Waals surface area (Å²) in [6.45, 7) is 0.425. The van der Waals surface area contributed by atoms with Gasteiger partial charge in [0.2, 0.25) is 15.9 Å². The number of sulfonamides is 1. The molecule has 0 fully saturated rings. The Morgan fingerprint density at radius 2 is 2.05 bits per heavy atom. The van der Waals surface area contributed by atoms with Crippen molar-refractivity contribution in [1.82, 2.24) is 9.62 Å². The molecular weight excluding hydrogens is 283 g/mol. The van der Waals surface area contributed by atoms with Crippen molar-refractivity contribution < 1.29 is 17.6 Å². The highest BCUT2D eigenvalue weighted by atomic mass is 32.2. The van der Waals surface area contributed by atoms with Crippen LogP contribution in [0.4, 0.5) is 4.39 Å². The van der Waals surface area contributed by atoms with Gasteiger partial charge in [-0.25, -0.2) is 12.8 Å². The maximum Gasteiger partial charge on any atom is 0.242 e. The van der Waals surface area contributed by atoms with Crippen molar-refractivity contribution in [3.8, 4) is 0 Å². The molecule has 1 heterocycles. The lowest BCUT2D eigenvalue weighted by Crippen LogP contribution is -2.45. The monoisotopic (exact) mass is 298 g/mol. The molecule has 108 valence electrons. The topological polar surface area (TPSA) is 66.5 Å². The molecule has 0 unspecified atom stereocenters. The predicted molar refractivity (Wildman–Crippen MR) is 72.7 cm³/mol. The average Bonchev–Trinajstić information content (AvgIpc) is 2.87. The molecule has 0 aliphatic carbocycles. The van der Waals surface area contributed by atoms with Crippen LogP contribution >= 0.6 is 0 Å². The molecule has 0 radical (unpaired) electrons. The van der Waals surface area contributed by atoms with Gasteiger partial charge in [0.15, 0.2) is 0 Å². The summed E-state index contributed by atoms with van der Waals surface area (Å²) in [6.07, 6.45) is 4.27. The SMILES string of the molecule is CS(=O)(=O)N1CC=C[C@@H]1C(=O)NCc1ccc(F)cc1. The minimum absolute atomic E-state index is 0.202. The summed E-state index contributed by atoms with van der Waals surface area (Å²) in [5, 5.41) is 2.64. The van der Waals surface area contributed by atoms with E-state index in [1.165, 1.54) is 12.1 Å². The summed E-state index contributed by atoms with van der Waals surface area (Å²) >= 11 is 0. The molecule has 7 heteroatoms. The van der Waals surface area contributed by atoms with Crippen LogP contribution in [-0.4, -0.2) is 37.5 Å². The largest absolute Gasteiger partial charge is 0.350 e. The molecule has 5 nitrogen and oxygen atoms in total. The van der Waals surface area contributed by atoms with Gasteiger partial charge >= 0.3 is 0 Å². The number of nitrogens with one attached hydrogen (secondary N) is 1. The number of carbonyl (C=O) groups excluding carboxylic acids is 1. The van der Waals surface area contributed by atoms with Gasteiger partial charge in [0, 0.05) is 13.1 Å². The zero-order valence-corrected chi connectivity index (χ0v) is 11.7. The molecule has 1 atom stereocenters. The molecule has 0 saturated heterocycles. The van der Waals surface area contributed by atoms with Gasteiger partial charge in [0.25, 0.3) is 0 Å². The van der Waals surface area contributed by atoms with E-state index in [9.17, 15) is 17.6 Å². The van der Waals surface area contributed by atoms with E-state index in [1.54, 1.807) is 24.3 Å². The molecule has 0 saturated carbocycles. The zero-order chi connectivity index (χ0) is 14.8. The standard InChI is InChI=1S/C13H15FN2O3S/c1-20(18,19)16-8-2-3-12(16)13(17)15-9-10-4-6-11(14)7-5-10/h2-7,12H,8-9H2,1H3,(H,15,17)/t12-/m1/s1. The first-order chi connectivity index (χ1) is 9.38. The van der Waals surface area contributed by atoms with Crippen molar-refractivity contribution in [2.24, 2.45) is 0 Å². The Balaban J connectivity index is 1.98. The van der Waals surface area contributed by atoms with E-state index in [2.05, 4.69) is 5.32 Å². The van der Waals surface area contributed by atoms with Crippen LogP contribution in [0.15, 0.2) is 36.4 Å². The molecule has 1 aliphatic heterocycles. The van der Waals surface area contributed by atoms with E-state index in [0.717, 1.165) is 16.1 Å². The third-order valence-corrected chi connectivity index (χ3v) is 4.22. The average molecular weight is 298 g/mol. The first kappa shape index (κ1) is 14.7. The van der Waals surface area contributed by atoms with Crippen LogP contribution in [0.5, 0.6) is 0 Å². The van der Waals surface area contributed by atoms with Gasteiger partial charge in [0.1, 0.15) is 11.9 Å². The Morgan fingerprint density at radius 1 is 1.40 bits per heavy atom. The van der Waals surface area contributed by atoms with Crippen LogP contribution in [0.1, 0.15) is 5.56 Å². The van der Waals surface area contributed by atoms with Gasteiger partial charge in [-0.05, 0) is 17.7 Å². The molecule has 0 spiro atoms. The lowest BCUT2D eigenvalue weighted by Gasteiger charge is -2.21. The van der Waals surface area contributed by atoms with Gasteiger partial charge < -0.3 is 5.32 Å². The Hall–Kier alpha value is -1.73. The number of benzene rings is 1. The van der Waals surface area contributed by atoms with Gasteiger partial charge in [0.05, 0.1) is 6.26 Å². The fourth-order valence-electron chi connectivity index (χ4n) is 1.96. The Labute approximate surface area is 117 Å². The minimum atomic E-state index is -3.42. The van der Waals surface area contributed by atoms with E-state index in [1.807, 2.05) is 0 Å². The molecule has 1 aromatic carbocycles. The molecule has 20 heavy (non-hydrogen) atoms. The summed E-state index contributed by atoms with van der Waals surface area (Å²) in [6, 6.07) is 4.92. The van der Waals surface area contributed by atoms with Crippen molar-refractivity contribution >= 4 is 15.9 Å². The van der Waals surface area contributed by atoms with Crippen LogP contribution in [0.3, 0.4) is 0 Å². The van der Waals surface area contributed by atoms with Crippen LogP contribution in [0, 0.1) is 5.82 Å². The van der Waals surface area contributed by atoms with E-state index >= 15 is 0 Å². The maximum atomic E-state index is 12.7. The molecule has 1 amide bonds. The highest BCUT2D eigenvalue weighted by Crippen LogP contribution is 2.14. The van der Waals surface area contributed by atoms with E-state index in [-0.39, 0.29) is 18.9 Å². The molecule has 1 N–H and O–H groups in total. The second kappa shape index (κ2) is 5.72. The second-order valence-electron chi connectivity index (χ2n) is 4.55. The van der Waals surface area contributed by atoms with Crippen LogP contribution in [0.2, 0.25) is 0 Å². The van der Waals surface area contributed by atoms with E-state index in [0.29, 0.717) is 0 Å². The van der Waals surface area contributed by atoms with Gasteiger partial charge in [-0.2, -0.15) is 4.31 Å². The van der Waals surface area contributed by atoms with Crippen molar-refractivity contribution in [2.45, 2.75) is 12.6 Å². The lowest BCUT2D eigenvalue weighted by molar-refractivity contribution is -0.123. The number of rotatable bonds is 4. The van der Waals surface area contributed by atoms with Crippen LogP contribution < -0.4 is 5.32 Å². The van der Waals surface area contributed by atoms with Crippen molar-refractivity contribution in [2.75, 3.05) is 12.8 Å². The number of nitrogens with zero attached hydrogens (tertiary/aromatic N) is 1. The van der Waals surface area contributed by atoms with Crippen molar-refractivity contribution in [3.63, 3.8) is 0 Å². The summed E-state index contributed by atoms with van der Waals surface area (Å²) in [5.74, 6) is -0.740. The molecular formula is C13H15FN2O3S. The highest BCUT2D eigenvalue weighted by Gasteiger charge is 2.32. The van der Waals surface area contributed by atoms with Gasteiger partial charge in [-0.1, -0.05) is 24.3 Å². The number of hydrogen-bond acceptors (Lipinski definition) is 3. The molecule has 2 rings (SSSR count). The smallest absolute Gasteiger partial charge is 0.242 e. The third-order valence-electron chi connectivity index (χ3n) is 2.99. The first-order valence-electron chi connectivity index (χ1n) is 6.03. The Bertz CT molecular complexity index is 626. The first-order valence-corrected chi connectivity index (χ1v) is 7.88. The molecule has 1 aromatic rings. The van der Waals surface area contributed by atoms with Crippen LogP contribution in [-0.2, 0) is 21.4 Å². The Kier molecular flexibility index (Phi) is 4.20. The molecule has 1 aliphatic rings. The maximum absolute atomic E-state index is 12.7. The van der Waals surface area contributed by atoms with Gasteiger partial charge in [-0.15, -0.1) is 0 Å². The number of halogens is 1. The second-order valence-corrected chi connectivity index (χ2v) is 6.48. The summed E-state index contributed by atoms with van der Waals surface area (Å²) in [7, 11) is -3.42. The fourth-order valence-corrected chi connectivity index (χ4v) is 2.89. The number of carbonyl (C=O) groups is 1. The van der Waals surface area contributed by atoms with Gasteiger partial charge in [-0.3, -0.25) is 4.79 Å². The summed E-state index contributed by atoms with van der Waals surface area (Å²) in [5.41, 5.74) is 0.743. The quantitative estimate of drug-likeness (QED) is 0.830. The van der Waals surface area contributed by atoms with Crippen molar-refractivity contribution in [3.05, 3.63) is 47.8 Å². The van der Waals surface area contributed by atoms with E-state index < -0.39 is 22.0 Å². The Morgan fingerprint density at radius 3 is 2.65 bits per heavy atom. The lowest BCUT2D eigenvalue weighted by atomic mass is 10.2. The summed E-state index contributed by atoms with van der Waals surface area (Å²) in [4.78, 5) is 12.0. The van der Waals surface area contributed by atoms with E-state index in [4.69, 9.17) is 0 Å². The highest BCUT2D eigenvalue weighted by molar-refractivity contribution is 7.88. The fraction of sp³-hybridized carbons (Fsp3) is 0.308. The number of hydrogen-bond donors (Lipinski definition) is 1. The molecule has 0 aromatic heterocycles. The third kappa shape index (κ3) is 3.43. The zero-order valence-electron chi connectivity index (χ0n) is 10.9. The van der Waals surface area contributed by atoms with Crippen molar-refractivity contribution in [1.29, 1.82) is 0 Å². The van der Waals surface area contributed by atoms with Crippen LogP contribution in [0.25, 0.3) is 0 Å². The minimum Gasteiger partial charge on any atom is -0.350 e. The molecule has 0 bridgehead atoms. The summed E-state index contributed by atoms with van der Waals surface area (Å²) < 4.78 is 36.9. The number of amides is 1. The predicted octanol–water partition coefficient (Wildman–Crippen LogP) is 0.642.